The zero-order valence-electron chi connectivity index (χ0n) is 16.0. The molecule has 0 radical (unpaired) electrons. The van der Waals surface area contributed by atoms with Crippen LogP contribution in [0.15, 0.2) is 65.7 Å². The third-order valence-corrected chi connectivity index (χ3v) is 4.19. The Morgan fingerprint density at radius 2 is 1.84 bits per heavy atom. The Labute approximate surface area is 174 Å². The second kappa shape index (κ2) is 9.41. The second-order valence-electron chi connectivity index (χ2n) is 6.47. The number of carbonyl (C=O) groups excluding carboxylic acids is 1. The van der Waals surface area contributed by atoms with E-state index < -0.39 is 29.0 Å². The van der Waals surface area contributed by atoms with Crippen LogP contribution < -0.4 is 15.6 Å². The van der Waals surface area contributed by atoms with Gasteiger partial charge in [-0.25, -0.2) is 9.37 Å². The summed E-state index contributed by atoms with van der Waals surface area (Å²) in [4.78, 5) is 28.3. The highest BCUT2D eigenvalue weighted by Crippen LogP contribution is 2.31. The van der Waals surface area contributed by atoms with Crippen LogP contribution in [0.5, 0.6) is 5.75 Å². The van der Waals surface area contributed by atoms with Gasteiger partial charge in [-0.3, -0.25) is 14.2 Å². The molecular formula is C21H17F4N3O3. The van der Waals surface area contributed by atoms with Crippen LogP contribution in [0.1, 0.15) is 5.56 Å². The van der Waals surface area contributed by atoms with Crippen LogP contribution in [-0.2, 0) is 17.5 Å². The first kappa shape index (κ1) is 22.0. The average molecular weight is 435 g/mol. The van der Waals surface area contributed by atoms with Crippen LogP contribution in [-0.4, -0.2) is 28.6 Å². The summed E-state index contributed by atoms with van der Waals surface area (Å²) in [6, 6.07) is 11.1. The van der Waals surface area contributed by atoms with E-state index in [9.17, 15) is 27.2 Å². The van der Waals surface area contributed by atoms with E-state index in [0.717, 1.165) is 16.7 Å². The number of halogens is 4. The lowest BCUT2D eigenvalue weighted by Crippen LogP contribution is -2.34. The van der Waals surface area contributed by atoms with Crippen molar-refractivity contribution in [3.8, 4) is 17.0 Å². The van der Waals surface area contributed by atoms with Crippen LogP contribution in [0.25, 0.3) is 11.3 Å². The van der Waals surface area contributed by atoms with Crippen LogP contribution in [0, 0.1) is 5.82 Å². The molecule has 0 aliphatic heterocycles. The van der Waals surface area contributed by atoms with Gasteiger partial charge >= 0.3 is 6.18 Å². The van der Waals surface area contributed by atoms with E-state index in [1.165, 1.54) is 48.8 Å². The Bertz CT molecular complexity index is 1110. The van der Waals surface area contributed by atoms with E-state index in [0.29, 0.717) is 11.3 Å². The monoisotopic (exact) mass is 435 g/mol. The Hall–Kier alpha value is -3.69. The number of ether oxygens (including phenoxy) is 1. The molecule has 1 aromatic heterocycles. The number of benzene rings is 2. The molecule has 0 aliphatic rings. The van der Waals surface area contributed by atoms with Crippen molar-refractivity contribution in [3.63, 3.8) is 0 Å². The standard InChI is InChI=1S/C21H17F4N3O3/c22-16-6-4-14(5-7-16)18-11-20(30)28(13-27-18)12-19(29)26-8-9-31-17-3-1-2-15(10-17)21(23,24)25/h1-7,10-11,13H,8-9,12H2,(H,26,29). The molecule has 0 atom stereocenters. The molecule has 3 aromatic rings. The molecule has 0 spiro atoms. The summed E-state index contributed by atoms with van der Waals surface area (Å²) in [5, 5.41) is 2.51. The molecule has 162 valence electrons. The highest BCUT2D eigenvalue weighted by Gasteiger charge is 2.30. The SMILES string of the molecule is O=C(Cn1cnc(-c2ccc(F)cc2)cc1=O)NCCOc1cccc(C(F)(F)F)c1. The molecule has 2 aromatic carbocycles. The molecule has 3 rings (SSSR count). The molecule has 1 amide bonds. The minimum atomic E-state index is -4.47. The van der Waals surface area contributed by atoms with Gasteiger partial charge in [0, 0.05) is 11.6 Å². The van der Waals surface area contributed by atoms with E-state index in [1.54, 1.807) is 0 Å². The molecule has 0 aliphatic carbocycles. The maximum atomic E-state index is 13.0. The lowest BCUT2D eigenvalue weighted by molar-refractivity contribution is -0.137. The normalized spacial score (nSPS) is 11.2. The number of carbonyl (C=O) groups is 1. The molecule has 31 heavy (non-hydrogen) atoms. The van der Waals surface area contributed by atoms with Crippen LogP contribution in [0.3, 0.4) is 0 Å². The van der Waals surface area contributed by atoms with Crippen molar-refractivity contribution >= 4 is 5.91 Å². The van der Waals surface area contributed by atoms with Crippen molar-refractivity contribution in [2.75, 3.05) is 13.2 Å². The fourth-order valence-corrected chi connectivity index (χ4v) is 2.66. The largest absolute Gasteiger partial charge is 0.492 e. The predicted molar refractivity (Wildman–Crippen MR) is 104 cm³/mol. The molecule has 0 saturated heterocycles. The van der Waals surface area contributed by atoms with E-state index in [1.807, 2.05) is 0 Å². The number of alkyl halides is 3. The van der Waals surface area contributed by atoms with E-state index >= 15 is 0 Å². The molecule has 0 saturated carbocycles. The molecule has 0 bridgehead atoms. The highest BCUT2D eigenvalue weighted by atomic mass is 19.4. The van der Waals surface area contributed by atoms with E-state index in [-0.39, 0.29) is 25.4 Å². The highest BCUT2D eigenvalue weighted by molar-refractivity contribution is 5.75. The van der Waals surface area contributed by atoms with Crippen molar-refractivity contribution in [1.29, 1.82) is 0 Å². The Morgan fingerprint density at radius 1 is 1.10 bits per heavy atom. The average Bonchev–Trinajstić information content (AvgIpc) is 2.73. The zero-order valence-corrected chi connectivity index (χ0v) is 16.0. The molecule has 1 heterocycles. The van der Waals surface area contributed by atoms with Gasteiger partial charge in [-0.15, -0.1) is 0 Å². The number of nitrogens with zero attached hydrogens (tertiary/aromatic N) is 2. The van der Waals surface area contributed by atoms with Gasteiger partial charge in [-0.05, 0) is 42.5 Å². The van der Waals surface area contributed by atoms with Gasteiger partial charge in [0.1, 0.15) is 24.7 Å². The van der Waals surface area contributed by atoms with Gasteiger partial charge in [0.2, 0.25) is 5.91 Å². The number of nitrogens with one attached hydrogen (secondary N) is 1. The summed E-state index contributed by atoms with van der Waals surface area (Å²) in [6.45, 7) is -0.312. The molecule has 10 heteroatoms. The van der Waals surface area contributed by atoms with Crippen LogP contribution in [0.4, 0.5) is 17.6 Å². The van der Waals surface area contributed by atoms with E-state index in [2.05, 4.69) is 10.3 Å². The molecule has 0 unspecified atom stereocenters. The summed E-state index contributed by atoms with van der Waals surface area (Å²) >= 11 is 0. The van der Waals surface area contributed by atoms with Crippen LogP contribution >= 0.6 is 0 Å². The first-order valence-electron chi connectivity index (χ1n) is 9.11. The number of rotatable bonds is 7. The smallest absolute Gasteiger partial charge is 0.416 e. The fourth-order valence-electron chi connectivity index (χ4n) is 2.66. The lowest BCUT2D eigenvalue weighted by atomic mass is 10.1. The Kier molecular flexibility index (Phi) is 6.68. The van der Waals surface area contributed by atoms with Gasteiger partial charge in [-0.2, -0.15) is 13.2 Å². The predicted octanol–water partition coefficient (Wildman–Crippen LogP) is 3.26. The lowest BCUT2D eigenvalue weighted by Gasteiger charge is -2.11. The summed E-state index contributed by atoms with van der Waals surface area (Å²) in [5.41, 5.74) is -0.396. The van der Waals surface area contributed by atoms with Gasteiger partial charge in [0.05, 0.1) is 24.1 Å². The maximum Gasteiger partial charge on any atom is 0.416 e. The van der Waals surface area contributed by atoms with Gasteiger partial charge in [-0.1, -0.05) is 6.07 Å². The quantitative estimate of drug-likeness (QED) is 0.457. The molecule has 6 nitrogen and oxygen atoms in total. The Morgan fingerprint density at radius 3 is 2.52 bits per heavy atom. The minimum Gasteiger partial charge on any atom is -0.492 e. The third kappa shape index (κ3) is 6.14. The van der Waals surface area contributed by atoms with E-state index in [4.69, 9.17) is 4.74 Å². The number of hydrogen-bond donors (Lipinski definition) is 1. The molecular weight excluding hydrogens is 418 g/mol. The summed E-state index contributed by atoms with van der Waals surface area (Å²) in [7, 11) is 0. The summed E-state index contributed by atoms with van der Waals surface area (Å²) in [5.74, 6) is -0.877. The Balaban J connectivity index is 1.50. The first-order chi connectivity index (χ1) is 14.7. The summed E-state index contributed by atoms with van der Waals surface area (Å²) < 4.78 is 57.3. The first-order valence-corrected chi connectivity index (χ1v) is 9.11. The number of hydrogen-bond acceptors (Lipinski definition) is 4. The number of amides is 1. The van der Waals surface area contributed by atoms with Gasteiger partial charge < -0.3 is 10.1 Å². The van der Waals surface area contributed by atoms with Gasteiger partial charge in [0.25, 0.3) is 5.56 Å². The van der Waals surface area contributed by atoms with Crippen molar-refractivity contribution in [2.24, 2.45) is 0 Å². The summed E-state index contributed by atoms with van der Waals surface area (Å²) in [6.07, 6.45) is -3.26. The number of aromatic nitrogens is 2. The van der Waals surface area contributed by atoms with Crippen molar-refractivity contribution in [2.45, 2.75) is 12.7 Å². The maximum absolute atomic E-state index is 13.0. The third-order valence-electron chi connectivity index (χ3n) is 4.19. The molecule has 1 N–H and O–H groups in total. The molecule has 0 fully saturated rings. The van der Waals surface area contributed by atoms with Gasteiger partial charge in [0.15, 0.2) is 0 Å². The van der Waals surface area contributed by atoms with Crippen LogP contribution in [0.2, 0.25) is 0 Å². The van der Waals surface area contributed by atoms with Crippen molar-refractivity contribution in [3.05, 3.63) is 82.7 Å². The van der Waals surface area contributed by atoms with Crippen molar-refractivity contribution < 1.29 is 27.1 Å². The second-order valence-corrected chi connectivity index (χ2v) is 6.47. The fraction of sp³-hybridized carbons (Fsp3) is 0.190. The minimum absolute atomic E-state index is 0.0286. The topological polar surface area (TPSA) is 73.2 Å². The van der Waals surface area contributed by atoms with Crippen molar-refractivity contribution in [1.82, 2.24) is 14.9 Å². The zero-order chi connectivity index (χ0) is 22.4.